The molecule has 0 aromatic carbocycles. The summed E-state index contributed by atoms with van der Waals surface area (Å²) in [6.45, 7) is 4.11. The van der Waals surface area contributed by atoms with Crippen molar-refractivity contribution < 1.29 is 35.7 Å². The van der Waals surface area contributed by atoms with Gasteiger partial charge in [-0.25, -0.2) is 4.79 Å². The van der Waals surface area contributed by atoms with E-state index < -0.39 is 29.7 Å². The number of carbonyl (C=O) groups excluding carboxylic acids is 1. The van der Waals surface area contributed by atoms with Gasteiger partial charge in [0.25, 0.3) is 0 Å². The first-order valence-electron chi connectivity index (χ1n) is 8.51. The molecular weight excluding hydrogens is 374 g/mol. The summed E-state index contributed by atoms with van der Waals surface area (Å²) in [5.74, 6) is -2.24. The fourth-order valence-electron chi connectivity index (χ4n) is 2.17. The van der Waals surface area contributed by atoms with Crippen molar-refractivity contribution in [1.82, 2.24) is 0 Å². The Hall–Kier alpha value is -0.583. The van der Waals surface area contributed by atoms with Gasteiger partial charge in [-0.15, -0.1) is 0 Å². The van der Waals surface area contributed by atoms with Crippen LogP contribution in [0.3, 0.4) is 0 Å². The van der Waals surface area contributed by atoms with Crippen LogP contribution in [-0.4, -0.2) is 46.2 Å². The van der Waals surface area contributed by atoms with Crippen LogP contribution < -0.4 is 0 Å². The molecule has 0 saturated carbocycles. The summed E-state index contributed by atoms with van der Waals surface area (Å²) in [5.41, 5.74) is 0. The summed E-state index contributed by atoms with van der Waals surface area (Å²) >= 11 is 0. The lowest BCUT2D eigenvalue weighted by Gasteiger charge is -2.19. The monoisotopic (exact) mass is 404 g/mol. The lowest BCUT2D eigenvalue weighted by Crippen LogP contribution is -2.39. The van der Waals surface area contributed by atoms with Gasteiger partial charge in [0.2, 0.25) is 0 Å². The van der Waals surface area contributed by atoms with Gasteiger partial charge < -0.3 is 9.16 Å². The molecule has 0 unspecified atom stereocenters. The topological polar surface area (TPSA) is 89.9 Å². The highest BCUT2D eigenvalue weighted by molar-refractivity contribution is 7.87. The van der Waals surface area contributed by atoms with Gasteiger partial charge in [0.15, 0.2) is 8.32 Å². The Labute approximate surface area is 150 Å². The van der Waals surface area contributed by atoms with Gasteiger partial charge in [-0.2, -0.15) is 17.2 Å². The molecule has 25 heavy (non-hydrogen) atoms. The highest BCUT2D eigenvalue weighted by Crippen LogP contribution is 2.22. The van der Waals surface area contributed by atoms with E-state index in [0.29, 0.717) is 12.8 Å². The number of hydrogen-bond donors (Lipinski definition) is 1. The average molecular weight is 405 g/mol. The third-order valence-corrected chi connectivity index (χ3v) is 7.50. The zero-order valence-electron chi connectivity index (χ0n) is 15.2. The van der Waals surface area contributed by atoms with Crippen molar-refractivity contribution in [3.8, 4) is 0 Å². The molecule has 0 aromatic heterocycles. The van der Waals surface area contributed by atoms with E-state index in [2.05, 4.69) is 17.8 Å². The second kappa shape index (κ2) is 11.2. The van der Waals surface area contributed by atoms with Crippen molar-refractivity contribution >= 4 is 24.4 Å². The van der Waals surface area contributed by atoms with Crippen molar-refractivity contribution in [1.29, 1.82) is 0 Å². The van der Waals surface area contributed by atoms with Crippen LogP contribution in [0.15, 0.2) is 0 Å². The van der Waals surface area contributed by atoms with E-state index in [1.807, 2.05) is 0 Å². The molecule has 0 fully saturated rings. The van der Waals surface area contributed by atoms with Gasteiger partial charge in [0, 0.05) is 7.11 Å². The second-order valence-corrected chi connectivity index (χ2v) is 12.6. The Kier molecular flexibility index (Phi) is 10.9. The van der Waals surface area contributed by atoms with Crippen molar-refractivity contribution in [2.75, 3.05) is 13.7 Å². The minimum absolute atomic E-state index is 0.291. The van der Waals surface area contributed by atoms with E-state index in [4.69, 9.17) is 8.98 Å². The van der Waals surface area contributed by atoms with Gasteiger partial charge in [-0.1, -0.05) is 44.9 Å². The van der Waals surface area contributed by atoms with Crippen molar-refractivity contribution in [3.63, 3.8) is 0 Å². The van der Waals surface area contributed by atoms with Gasteiger partial charge in [0.05, 0.1) is 6.61 Å². The molecule has 0 radical (unpaired) electrons. The maximum atomic E-state index is 12.9. The zero-order chi connectivity index (χ0) is 19.6. The Morgan fingerprint density at radius 2 is 1.44 bits per heavy atom. The minimum atomic E-state index is -5.79. The summed E-state index contributed by atoms with van der Waals surface area (Å²) in [5, 5.41) is -4.91. The molecule has 1 N–H and O–H groups in total. The Bertz CT molecular complexity index is 496. The van der Waals surface area contributed by atoms with Gasteiger partial charge >= 0.3 is 21.3 Å². The molecule has 0 bridgehead atoms. The molecule has 0 aromatic rings. The summed E-state index contributed by atoms with van der Waals surface area (Å²) in [7, 11) is -5.47. The maximum Gasteiger partial charge on any atom is 0.465 e. The first-order chi connectivity index (χ1) is 11.4. The molecule has 0 rings (SSSR count). The largest absolute Gasteiger partial charge is 0.465 e. The Balaban J connectivity index is 3.59. The number of rotatable bonds is 14. The van der Waals surface area contributed by atoms with Gasteiger partial charge in [-0.05, 0) is 25.6 Å². The first-order valence-corrected chi connectivity index (χ1v) is 13.1. The van der Waals surface area contributed by atoms with Crippen molar-refractivity contribution in [3.05, 3.63) is 0 Å². The fourth-order valence-corrected chi connectivity index (χ4v) is 3.74. The summed E-state index contributed by atoms with van der Waals surface area (Å²) in [6.07, 6.45) is 7.56. The molecule has 0 aliphatic rings. The number of hydrogen-bond acceptors (Lipinski definition) is 5. The standard InChI is InChI=1S/C15H30F2O6SSi/c1-22-25(2,3)13-11-9-7-5-4-6-8-10-12-23-14(18)15(16,17)24(19,20)21/h4-13H2,1-3H3,(H,19,20,21). The predicted octanol–water partition coefficient (Wildman–Crippen LogP) is 3.98. The highest BCUT2D eigenvalue weighted by atomic mass is 32.2. The molecular formula is C15H30F2O6SSi. The van der Waals surface area contributed by atoms with Crippen molar-refractivity contribution in [2.45, 2.75) is 75.8 Å². The van der Waals surface area contributed by atoms with Crippen LogP contribution in [0.2, 0.25) is 19.1 Å². The van der Waals surface area contributed by atoms with E-state index in [1.54, 1.807) is 7.11 Å². The SMILES string of the molecule is CO[Si](C)(C)CCCCCCCCCCOC(=O)C(F)(F)S(=O)(=O)O. The molecule has 0 atom stereocenters. The molecule has 0 amide bonds. The molecule has 0 spiro atoms. The average Bonchev–Trinajstić information content (AvgIpc) is 2.51. The molecule has 0 aliphatic heterocycles. The Morgan fingerprint density at radius 3 is 1.88 bits per heavy atom. The van der Waals surface area contributed by atoms with E-state index in [1.165, 1.54) is 12.8 Å². The summed E-state index contributed by atoms with van der Waals surface area (Å²) < 4.78 is 64.4. The third kappa shape index (κ3) is 10.2. The number of unbranched alkanes of at least 4 members (excludes halogenated alkanes) is 7. The van der Waals surface area contributed by atoms with Crippen molar-refractivity contribution in [2.24, 2.45) is 0 Å². The number of esters is 1. The number of ether oxygens (including phenoxy) is 1. The molecule has 0 aliphatic carbocycles. The lowest BCUT2D eigenvalue weighted by molar-refractivity contribution is -0.161. The highest BCUT2D eigenvalue weighted by Gasteiger charge is 2.54. The minimum Gasteiger partial charge on any atom is -0.460 e. The smallest absolute Gasteiger partial charge is 0.460 e. The van der Waals surface area contributed by atoms with E-state index in [0.717, 1.165) is 31.7 Å². The molecule has 150 valence electrons. The van der Waals surface area contributed by atoms with E-state index >= 15 is 0 Å². The van der Waals surface area contributed by atoms with Crippen LogP contribution >= 0.6 is 0 Å². The van der Waals surface area contributed by atoms with Crippen LogP contribution in [0.1, 0.15) is 51.4 Å². The van der Waals surface area contributed by atoms with Crippen LogP contribution in [0.5, 0.6) is 0 Å². The molecule has 6 nitrogen and oxygen atoms in total. The molecule has 0 heterocycles. The summed E-state index contributed by atoms with van der Waals surface area (Å²) in [4.78, 5) is 10.9. The zero-order valence-corrected chi connectivity index (χ0v) is 17.0. The quantitative estimate of drug-likeness (QED) is 0.204. The van der Waals surface area contributed by atoms with Gasteiger partial charge in [-0.3, -0.25) is 4.55 Å². The number of carbonyl (C=O) groups is 1. The summed E-state index contributed by atoms with van der Waals surface area (Å²) in [6, 6.07) is 1.16. The second-order valence-electron chi connectivity index (χ2n) is 6.67. The molecule has 10 heteroatoms. The number of halogens is 2. The van der Waals surface area contributed by atoms with E-state index in [9.17, 15) is 22.0 Å². The normalized spacial score (nSPS) is 13.0. The van der Waals surface area contributed by atoms with E-state index in [-0.39, 0.29) is 6.61 Å². The van der Waals surface area contributed by atoms with Gasteiger partial charge in [0.1, 0.15) is 0 Å². The van der Waals surface area contributed by atoms with Crippen LogP contribution in [0, 0.1) is 0 Å². The predicted molar refractivity (Wildman–Crippen MR) is 93.7 cm³/mol. The van der Waals surface area contributed by atoms with Crippen LogP contribution in [0.4, 0.5) is 8.78 Å². The lowest BCUT2D eigenvalue weighted by atomic mass is 10.1. The Morgan fingerprint density at radius 1 is 1.00 bits per heavy atom. The third-order valence-electron chi connectivity index (χ3n) is 4.02. The van der Waals surface area contributed by atoms with Crippen LogP contribution in [0.25, 0.3) is 0 Å². The maximum absolute atomic E-state index is 12.9. The fraction of sp³-hybridized carbons (Fsp3) is 0.933. The first kappa shape index (κ1) is 24.4. The number of alkyl halides is 2. The van der Waals surface area contributed by atoms with Crippen LogP contribution in [-0.2, 0) is 24.1 Å². The molecule has 0 saturated heterocycles.